The minimum Gasteiger partial charge on any atom is -0.489 e. The number of likely N-dealkylation sites (tertiary alicyclic amines) is 1. The Hall–Kier alpha value is -1.56. The van der Waals surface area contributed by atoms with E-state index in [-0.39, 0.29) is 0 Å². The minimum atomic E-state index is -0.941. The number of aliphatic hydroxyl groups is 1. The number of fused-ring (bicyclic) bond motifs is 1. The van der Waals surface area contributed by atoms with Gasteiger partial charge in [0.15, 0.2) is 0 Å². The number of benzene rings is 1. The Bertz CT molecular complexity index is 616. The van der Waals surface area contributed by atoms with Crippen molar-refractivity contribution in [2.45, 2.75) is 12.5 Å². The van der Waals surface area contributed by atoms with Gasteiger partial charge in [-0.3, -0.25) is 9.69 Å². The van der Waals surface area contributed by atoms with Gasteiger partial charge in [0.05, 0.1) is 12.0 Å². The molecule has 22 heavy (non-hydrogen) atoms. The maximum Gasteiger partial charge on any atom is 0.310 e. The topological polar surface area (TPSA) is 70.0 Å². The average molecular weight is 324 g/mol. The fourth-order valence-electron chi connectivity index (χ4n) is 2.97. The molecule has 1 aromatic rings. The van der Waals surface area contributed by atoms with Crippen molar-refractivity contribution < 1.29 is 19.7 Å². The monoisotopic (exact) mass is 323 g/mol. The highest BCUT2D eigenvalue weighted by molar-refractivity contribution is 6.30. The van der Waals surface area contributed by atoms with Crippen LogP contribution in [0.4, 0.5) is 0 Å². The maximum atomic E-state index is 11.2. The zero-order chi connectivity index (χ0) is 15.7. The molecular weight excluding hydrogens is 306 g/mol. The zero-order valence-electron chi connectivity index (χ0n) is 12.0. The second kappa shape index (κ2) is 6.28. The summed E-state index contributed by atoms with van der Waals surface area (Å²) in [6.07, 6.45) is 1.77. The van der Waals surface area contributed by atoms with E-state index in [1.54, 1.807) is 6.07 Å². The van der Waals surface area contributed by atoms with E-state index in [0.29, 0.717) is 37.7 Å². The third-order valence-electron chi connectivity index (χ3n) is 4.15. The molecule has 0 saturated carbocycles. The summed E-state index contributed by atoms with van der Waals surface area (Å²) >= 11 is 6.00. The molecule has 0 aromatic heterocycles. The Morgan fingerprint density at radius 1 is 1.45 bits per heavy atom. The van der Waals surface area contributed by atoms with Crippen LogP contribution in [-0.2, 0) is 4.79 Å². The van der Waals surface area contributed by atoms with Crippen LogP contribution in [0.5, 0.6) is 5.75 Å². The Kier molecular flexibility index (Phi) is 4.38. The van der Waals surface area contributed by atoms with E-state index in [1.165, 1.54) is 0 Å². The zero-order valence-corrected chi connectivity index (χ0v) is 12.8. The van der Waals surface area contributed by atoms with E-state index in [9.17, 15) is 9.90 Å². The van der Waals surface area contributed by atoms with Gasteiger partial charge in [0.25, 0.3) is 0 Å². The van der Waals surface area contributed by atoms with Crippen molar-refractivity contribution in [2.24, 2.45) is 5.92 Å². The molecule has 0 spiro atoms. The second-order valence-corrected chi connectivity index (χ2v) is 6.25. The smallest absolute Gasteiger partial charge is 0.310 e. The van der Waals surface area contributed by atoms with E-state index >= 15 is 0 Å². The van der Waals surface area contributed by atoms with Gasteiger partial charge in [0.1, 0.15) is 12.4 Å². The Morgan fingerprint density at radius 2 is 2.27 bits per heavy atom. The number of carbonyl (C=O) groups is 1. The number of nitrogens with zero attached hydrogens (tertiary/aromatic N) is 1. The van der Waals surface area contributed by atoms with Crippen LogP contribution in [0.25, 0.3) is 6.08 Å². The summed E-state index contributed by atoms with van der Waals surface area (Å²) in [5.41, 5.74) is 2.02. The lowest BCUT2D eigenvalue weighted by atomic mass is 9.94. The highest BCUT2D eigenvalue weighted by Crippen LogP contribution is 2.29. The van der Waals surface area contributed by atoms with Crippen LogP contribution in [0.2, 0.25) is 5.02 Å². The number of piperidine rings is 1. The van der Waals surface area contributed by atoms with Gasteiger partial charge < -0.3 is 14.9 Å². The van der Waals surface area contributed by atoms with E-state index in [1.807, 2.05) is 18.2 Å². The molecule has 6 heteroatoms. The highest BCUT2D eigenvalue weighted by Gasteiger charge is 2.33. The van der Waals surface area contributed by atoms with Gasteiger partial charge in [-0.2, -0.15) is 0 Å². The highest BCUT2D eigenvalue weighted by atomic mass is 35.5. The largest absolute Gasteiger partial charge is 0.489 e. The molecule has 118 valence electrons. The molecule has 2 aliphatic rings. The molecule has 0 radical (unpaired) electrons. The molecule has 2 aliphatic heterocycles. The number of halogens is 1. The Balaban J connectivity index is 1.70. The van der Waals surface area contributed by atoms with Crippen LogP contribution in [0.1, 0.15) is 12.0 Å². The number of carboxylic acids is 1. The lowest BCUT2D eigenvalue weighted by Gasteiger charge is -2.35. The second-order valence-electron chi connectivity index (χ2n) is 5.81. The molecule has 1 saturated heterocycles. The molecule has 3 rings (SSSR count). The average Bonchev–Trinajstić information content (AvgIpc) is 2.48. The van der Waals surface area contributed by atoms with Gasteiger partial charge in [-0.1, -0.05) is 11.6 Å². The maximum absolute atomic E-state index is 11.2. The first-order chi connectivity index (χ1) is 10.5. The summed E-state index contributed by atoms with van der Waals surface area (Å²) < 4.78 is 5.71. The third-order valence-corrected chi connectivity index (χ3v) is 4.38. The van der Waals surface area contributed by atoms with Gasteiger partial charge >= 0.3 is 5.97 Å². The number of aliphatic hydroxyl groups excluding tert-OH is 1. The van der Waals surface area contributed by atoms with Crippen molar-refractivity contribution in [3.8, 4) is 5.75 Å². The first-order valence-corrected chi connectivity index (χ1v) is 7.66. The predicted octanol–water partition coefficient (Wildman–Crippen LogP) is 1.88. The third kappa shape index (κ3) is 3.27. The fraction of sp³-hybridized carbons (Fsp3) is 0.438. The summed E-state index contributed by atoms with van der Waals surface area (Å²) in [7, 11) is 0. The molecule has 0 aliphatic carbocycles. The minimum absolute atomic E-state index is 0.357. The van der Waals surface area contributed by atoms with Crippen LogP contribution >= 0.6 is 11.6 Å². The quantitative estimate of drug-likeness (QED) is 0.889. The number of rotatable bonds is 3. The van der Waals surface area contributed by atoms with Crippen LogP contribution in [0.15, 0.2) is 23.8 Å². The van der Waals surface area contributed by atoms with Crippen molar-refractivity contribution in [3.63, 3.8) is 0 Å². The van der Waals surface area contributed by atoms with Crippen molar-refractivity contribution in [3.05, 3.63) is 34.4 Å². The molecule has 1 aromatic carbocycles. The van der Waals surface area contributed by atoms with Crippen molar-refractivity contribution >= 4 is 23.6 Å². The number of carboxylic acid groups (broad SMARTS) is 1. The SMILES string of the molecule is O=C(O)[C@@H]1CN(CC2=Cc3cc(Cl)ccc3OC2)CC[C@H]1O. The molecule has 1 fully saturated rings. The van der Waals surface area contributed by atoms with Crippen molar-refractivity contribution in [1.29, 1.82) is 0 Å². The first-order valence-electron chi connectivity index (χ1n) is 7.28. The summed E-state index contributed by atoms with van der Waals surface area (Å²) in [6.45, 7) is 2.18. The molecule has 0 unspecified atom stereocenters. The van der Waals surface area contributed by atoms with Crippen LogP contribution in [-0.4, -0.2) is 53.4 Å². The molecule has 2 heterocycles. The van der Waals surface area contributed by atoms with Crippen LogP contribution in [0.3, 0.4) is 0 Å². The first kappa shape index (κ1) is 15.3. The van der Waals surface area contributed by atoms with E-state index in [2.05, 4.69) is 4.90 Å². The normalized spacial score (nSPS) is 25.1. The molecule has 2 atom stereocenters. The predicted molar refractivity (Wildman–Crippen MR) is 83.1 cm³/mol. The molecule has 2 N–H and O–H groups in total. The summed E-state index contributed by atoms with van der Waals surface area (Å²) in [5, 5.41) is 19.6. The molecule has 0 amide bonds. The van der Waals surface area contributed by atoms with Gasteiger partial charge in [-0.05, 0) is 36.3 Å². The van der Waals surface area contributed by atoms with E-state index in [4.69, 9.17) is 21.4 Å². The number of aliphatic carboxylic acids is 1. The van der Waals surface area contributed by atoms with E-state index < -0.39 is 18.0 Å². The fourth-order valence-corrected chi connectivity index (χ4v) is 3.15. The van der Waals surface area contributed by atoms with Gasteiger partial charge in [0, 0.05) is 30.2 Å². The van der Waals surface area contributed by atoms with E-state index in [0.717, 1.165) is 16.9 Å². The van der Waals surface area contributed by atoms with Crippen LogP contribution in [0, 0.1) is 5.92 Å². The van der Waals surface area contributed by atoms with Crippen LogP contribution < -0.4 is 4.74 Å². The summed E-state index contributed by atoms with van der Waals surface area (Å²) in [6, 6.07) is 5.50. The lowest BCUT2D eigenvalue weighted by Crippen LogP contribution is -2.47. The molecular formula is C16H18ClNO4. The van der Waals surface area contributed by atoms with Gasteiger partial charge in [-0.25, -0.2) is 0 Å². The summed E-state index contributed by atoms with van der Waals surface area (Å²) in [5.74, 6) is -0.852. The number of ether oxygens (including phenoxy) is 1. The Labute approximate surface area is 133 Å². The van der Waals surface area contributed by atoms with Crippen molar-refractivity contribution in [2.75, 3.05) is 26.2 Å². The molecule has 0 bridgehead atoms. The number of hydrogen-bond acceptors (Lipinski definition) is 4. The van der Waals surface area contributed by atoms with Gasteiger partial charge in [-0.15, -0.1) is 0 Å². The Morgan fingerprint density at radius 3 is 3.05 bits per heavy atom. The van der Waals surface area contributed by atoms with Gasteiger partial charge in [0.2, 0.25) is 0 Å². The lowest BCUT2D eigenvalue weighted by molar-refractivity contribution is -0.148. The standard InChI is InChI=1S/C16H18ClNO4/c17-12-1-2-15-11(6-12)5-10(9-22-15)7-18-4-3-14(19)13(8-18)16(20)21/h1-2,5-6,13-14,19H,3-4,7-9H2,(H,20,21)/t13-,14-/m1/s1. The van der Waals surface area contributed by atoms with Crippen molar-refractivity contribution in [1.82, 2.24) is 4.90 Å². The molecule has 5 nitrogen and oxygen atoms in total. The summed E-state index contributed by atoms with van der Waals surface area (Å²) in [4.78, 5) is 13.2. The number of hydrogen-bond donors (Lipinski definition) is 2.